The first-order valence-electron chi connectivity index (χ1n) is 9.02. The summed E-state index contributed by atoms with van der Waals surface area (Å²) in [6.07, 6.45) is -8.14. The maximum Gasteiger partial charge on any atom is 0.337 e. The molecule has 10 atom stereocenters. The van der Waals surface area contributed by atoms with Gasteiger partial charge in [-0.2, -0.15) is 0 Å². The zero-order valence-electron chi connectivity index (χ0n) is 15.2. The van der Waals surface area contributed by atoms with E-state index in [1.807, 2.05) is 0 Å². The van der Waals surface area contributed by atoms with Crippen LogP contribution < -0.4 is 0 Å². The van der Waals surface area contributed by atoms with Gasteiger partial charge in [0, 0.05) is 24.4 Å². The highest BCUT2D eigenvalue weighted by molar-refractivity contribution is 5.89. The summed E-state index contributed by atoms with van der Waals surface area (Å²) in [5, 5.41) is 59.2. The van der Waals surface area contributed by atoms with E-state index in [9.17, 15) is 35.4 Å². The van der Waals surface area contributed by atoms with Crippen LogP contribution in [-0.2, 0) is 23.7 Å². The number of fused-ring (bicyclic) bond motifs is 1. The van der Waals surface area contributed by atoms with Crippen LogP contribution in [0.1, 0.15) is 6.42 Å². The van der Waals surface area contributed by atoms with Crippen LogP contribution in [0.5, 0.6) is 0 Å². The van der Waals surface area contributed by atoms with Crippen molar-refractivity contribution in [3.8, 4) is 0 Å². The number of hydrogen-bond acceptors (Lipinski definition) is 11. The Kier molecular flexibility index (Phi) is 6.57. The number of aliphatic hydroxyl groups excluding tert-OH is 6. The second kappa shape index (κ2) is 8.59. The molecule has 2 heterocycles. The third-order valence-electron chi connectivity index (χ3n) is 5.74. The van der Waals surface area contributed by atoms with Crippen molar-refractivity contribution < 1.29 is 54.4 Å². The van der Waals surface area contributed by atoms with E-state index < -0.39 is 80.0 Å². The van der Waals surface area contributed by atoms with E-state index in [0.717, 1.165) is 6.26 Å². The minimum Gasteiger partial charge on any atom is -0.472 e. The highest BCUT2D eigenvalue weighted by Crippen LogP contribution is 2.47. The molecule has 6 N–H and O–H groups in total. The summed E-state index contributed by atoms with van der Waals surface area (Å²) in [6, 6.07) is 0. The van der Waals surface area contributed by atoms with Gasteiger partial charge in [0.05, 0.1) is 31.7 Å². The van der Waals surface area contributed by atoms with Crippen LogP contribution in [0.4, 0.5) is 0 Å². The van der Waals surface area contributed by atoms with Crippen molar-refractivity contribution in [1.29, 1.82) is 0 Å². The molecule has 1 saturated heterocycles. The lowest BCUT2D eigenvalue weighted by atomic mass is 9.83. The summed E-state index contributed by atoms with van der Waals surface area (Å²) in [6.45, 7) is -1.01. The molecule has 11 heteroatoms. The molecule has 0 bridgehead atoms. The lowest BCUT2D eigenvalue weighted by Crippen LogP contribution is -2.60. The third-order valence-corrected chi connectivity index (χ3v) is 5.74. The van der Waals surface area contributed by atoms with Gasteiger partial charge in [-0.15, -0.1) is 0 Å². The first kappa shape index (κ1) is 21.4. The van der Waals surface area contributed by atoms with Gasteiger partial charge < -0.3 is 49.6 Å². The number of aliphatic hydroxyl groups is 6. The van der Waals surface area contributed by atoms with Crippen LogP contribution in [0, 0.1) is 17.8 Å². The highest BCUT2D eigenvalue weighted by Gasteiger charge is 2.54. The van der Waals surface area contributed by atoms with Crippen molar-refractivity contribution in [3.63, 3.8) is 0 Å². The lowest BCUT2D eigenvalue weighted by molar-refractivity contribution is -0.343. The fourth-order valence-corrected chi connectivity index (χ4v) is 4.19. The van der Waals surface area contributed by atoms with Gasteiger partial charge in [0.15, 0.2) is 6.29 Å². The fourth-order valence-electron chi connectivity index (χ4n) is 4.19. The second-order valence-corrected chi connectivity index (χ2v) is 7.24. The smallest absolute Gasteiger partial charge is 0.337 e. The van der Waals surface area contributed by atoms with Crippen molar-refractivity contribution in [1.82, 2.24) is 0 Å². The van der Waals surface area contributed by atoms with Gasteiger partial charge in [-0.05, 0) is 6.42 Å². The maximum absolute atomic E-state index is 12.0. The van der Waals surface area contributed by atoms with Crippen LogP contribution in [0.15, 0.2) is 11.8 Å². The third kappa shape index (κ3) is 3.64. The normalized spacial score (nSPS) is 45.8. The van der Waals surface area contributed by atoms with Gasteiger partial charge in [0.2, 0.25) is 6.29 Å². The molecule has 0 amide bonds. The molecule has 0 aromatic rings. The quantitative estimate of drug-likeness (QED) is 0.254. The first-order chi connectivity index (χ1) is 13.3. The summed E-state index contributed by atoms with van der Waals surface area (Å²) < 4.78 is 21.2. The molecule has 0 aromatic heterocycles. The Balaban J connectivity index is 1.83. The molecule has 160 valence electrons. The zero-order chi connectivity index (χ0) is 20.6. The van der Waals surface area contributed by atoms with Gasteiger partial charge in [-0.1, -0.05) is 0 Å². The fraction of sp³-hybridized carbons (Fsp3) is 0.824. The van der Waals surface area contributed by atoms with E-state index in [1.54, 1.807) is 0 Å². The van der Waals surface area contributed by atoms with Gasteiger partial charge in [-0.3, -0.25) is 0 Å². The second-order valence-electron chi connectivity index (χ2n) is 7.24. The van der Waals surface area contributed by atoms with Gasteiger partial charge in [0.25, 0.3) is 0 Å². The molecule has 2 fully saturated rings. The number of hydrogen-bond donors (Lipinski definition) is 6. The van der Waals surface area contributed by atoms with E-state index in [2.05, 4.69) is 0 Å². The van der Waals surface area contributed by atoms with Crippen LogP contribution in [0.25, 0.3) is 0 Å². The number of carbonyl (C=O) groups is 1. The lowest BCUT2D eigenvalue weighted by Gasteiger charge is -2.43. The largest absolute Gasteiger partial charge is 0.472 e. The Bertz CT molecular complexity index is 594. The average molecular weight is 406 g/mol. The minimum absolute atomic E-state index is 0.175. The number of carbonyl (C=O) groups excluding carboxylic acids is 1. The predicted octanol–water partition coefficient (Wildman–Crippen LogP) is -3.18. The maximum atomic E-state index is 12.0. The van der Waals surface area contributed by atoms with Gasteiger partial charge >= 0.3 is 5.97 Å². The zero-order valence-corrected chi connectivity index (χ0v) is 15.2. The monoisotopic (exact) mass is 406 g/mol. The molecule has 3 rings (SSSR count). The van der Waals surface area contributed by atoms with Crippen molar-refractivity contribution in [3.05, 3.63) is 11.8 Å². The summed E-state index contributed by atoms with van der Waals surface area (Å²) >= 11 is 0. The summed E-state index contributed by atoms with van der Waals surface area (Å²) in [7, 11) is 1.21. The summed E-state index contributed by atoms with van der Waals surface area (Å²) in [5.74, 6) is -2.49. The van der Waals surface area contributed by atoms with Crippen molar-refractivity contribution in [2.24, 2.45) is 17.8 Å². The predicted molar refractivity (Wildman–Crippen MR) is 88.0 cm³/mol. The van der Waals surface area contributed by atoms with Crippen LogP contribution in [-0.4, -0.2) is 100 Å². The summed E-state index contributed by atoms with van der Waals surface area (Å²) in [4.78, 5) is 12.0. The van der Waals surface area contributed by atoms with Crippen molar-refractivity contribution in [2.45, 2.75) is 49.5 Å². The van der Waals surface area contributed by atoms with Gasteiger partial charge in [0.1, 0.15) is 24.4 Å². The topological polar surface area (TPSA) is 175 Å². The van der Waals surface area contributed by atoms with E-state index in [0.29, 0.717) is 0 Å². The van der Waals surface area contributed by atoms with Crippen LogP contribution in [0.2, 0.25) is 0 Å². The van der Waals surface area contributed by atoms with Gasteiger partial charge in [-0.25, -0.2) is 4.79 Å². The van der Waals surface area contributed by atoms with E-state index in [1.165, 1.54) is 7.11 Å². The average Bonchev–Trinajstić information content (AvgIpc) is 3.04. The Morgan fingerprint density at radius 1 is 1.11 bits per heavy atom. The molecule has 1 saturated carbocycles. The highest BCUT2D eigenvalue weighted by atomic mass is 16.8. The number of esters is 1. The molecular formula is C17H26O11. The molecule has 0 aromatic carbocycles. The Morgan fingerprint density at radius 2 is 1.82 bits per heavy atom. The van der Waals surface area contributed by atoms with E-state index in [4.69, 9.17) is 18.9 Å². The summed E-state index contributed by atoms with van der Waals surface area (Å²) in [5.41, 5.74) is 0.191. The number of methoxy groups -OCH3 is 1. The Labute approximate surface area is 160 Å². The molecule has 0 radical (unpaired) electrons. The van der Waals surface area contributed by atoms with E-state index >= 15 is 0 Å². The van der Waals surface area contributed by atoms with Crippen LogP contribution >= 0.6 is 0 Å². The molecule has 11 nitrogen and oxygen atoms in total. The molecule has 2 aliphatic heterocycles. The molecule has 28 heavy (non-hydrogen) atoms. The Morgan fingerprint density at radius 3 is 2.43 bits per heavy atom. The standard InChI is InChI=1S/C17H26O11/c1-25-15(24)8-5-26-16(11-6(8)2-9(20)7(11)3-18)28-17-14(23)13(22)12(21)10(4-19)27-17/h5-7,9-14,16-23H,2-4H2,1H3/t6-,7-,9-,10-,11+,12-,13+,14-,16+,17+/m1/s1. The molecule has 0 spiro atoms. The Hall–Kier alpha value is -1.31. The SMILES string of the molecule is COC(=O)C1=CO[C@@H](O[C@@H]2O[C@H](CO)[C@@H](O)[C@H](O)[C@H]2O)[C@@H]2[C@H](CO)[C@H](O)C[C@H]12. The molecule has 3 aliphatic rings. The molecule has 0 unspecified atom stereocenters. The minimum atomic E-state index is -1.63. The van der Waals surface area contributed by atoms with E-state index in [-0.39, 0.29) is 12.0 Å². The molecular weight excluding hydrogens is 380 g/mol. The number of ether oxygens (including phenoxy) is 4. The number of rotatable bonds is 5. The van der Waals surface area contributed by atoms with Crippen molar-refractivity contribution >= 4 is 5.97 Å². The molecule has 1 aliphatic carbocycles. The van der Waals surface area contributed by atoms with Crippen LogP contribution in [0.3, 0.4) is 0 Å². The first-order valence-corrected chi connectivity index (χ1v) is 9.02. The van der Waals surface area contributed by atoms with Crippen molar-refractivity contribution in [2.75, 3.05) is 20.3 Å².